The lowest BCUT2D eigenvalue weighted by Crippen LogP contribution is -2.37. The predicted molar refractivity (Wildman–Crippen MR) is 67.9 cm³/mol. The van der Waals surface area contributed by atoms with Gasteiger partial charge in [0.15, 0.2) is 5.78 Å². The molecule has 0 unspecified atom stereocenters. The summed E-state index contributed by atoms with van der Waals surface area (Å²) in [6.07, 6.45) is 0.230. The van der Waals surface area contributed by atoms with Crippen LogP contribution in [0.1, 0.15) is 30.6 Å². The van der Waals surface area contributed by atoms with Crippen LogP contribution in [0.5, 0.6) is 0 Å². The van der Waals surface area contributed by atoms with Gasteiger partial charge in [-0.3, -0.25) is 9.59 Å². The number of nitrogens with zero attached hydrogens (tertiary/aromatic N) is 1. The quantitative estimate of drug-likeness (QED) is 0.749. The van der Waals surface area contributed by atoms with Crippen molar-refractivity contribution in [1.29, 1.82) is 0 Å². The number of carbonyl (C=O) groups is 2. The molecular weight excluding hydrogens is 214 g/mol. The summed E-state index contributed by atoms with van der Waals surface area (Å²) in [6, 6.07) is 9.08. The lowest BCUT2D eigenvalue weighted by molar-refractivity contribution is -0.137. The second kappa shape index (κ2) is 5.13. The fourth-order valence-corrected chi connectivity index (χ4v) is 1.81. The highest BCUT2D eigenvalue weighted by Crippen LogP contribution is 2.24. The summed E-state index contributed by atoms with van der Waals surface area (Å²) in [7, 11) is 3.41. The summed E-state index contributed by atoms with van der Waals surface area (Å²) < 4.78 is 0. The van der Waals surface area contributed by atoms with Crippen molar-refractivity contribution < 1.29 is 9.59 Å². The summed E-state index contributed by atoms with van der Waals surface area (Å²) in [6.45, 7) is 3.60. The Morgan fingerprint density at radius 3 is 2.12 bits per heavy atom. The molecule has 0 fully saturated rings. The molecule has 0 spiro atoms. The molecule has 0 heterocycles. The van der Waals surface area contributed by atoms with Crippen molar-refractivity contribution in [3.63, 3.8) is 0 Å². The summed E-state index contributed by atoms with van der Waals surface area (Å²) in [5, 5.41) is 0. The molecule has 92 valence electrons. The van der Waals surface area contributed by atoms with E-state index in [0.717, 1.165) is 0 Å². The average molecular weight is 233 g/mol. The lowest BCUT2D eigenvalue weighted by Gasteiger charge is -2.26. The first kappa shape index (κ1) is 13.4. The van der Waals surface area contributed by atoms with Gasteiger partial charge in [-0.25, -0.2) is 0 Å². The fourth-order valence-electron chi connectivity index (χ4n) is 1.81. The average Bonchev–Trinajstić information content (AvgIpc) is 2.28. The highest BCUT2D eigenvalue weighted by atomic mass is 16.2. The highest BCUT2D eigenvalue weighted by Gasteiger charge is 2.31. The van der Waals surface area contributed by atoms with Gasteiger partial charge in [0.25, 0.3) is 0 Å². The minimum Gasteiger partial charge on any atom is -0.348 e. The summed E-state index contributed by atoms with van der Waals surface area (Å²) >= 11 is 0. The van der Waals surface area contributed by atoms with E-state index in [9.17, 15) is 9.59 Å². The molecule has 3 nitrogen and oxygen atoms in total. The minimum atomic E-state index is -0.656. The van der Waals surface area contributed by atoms with Gasteiger partial charge in [-0.2, -0.15) is 0 Å². The van der Waals surface area contributed by atoms with Crippen LogP contribution < -0.4 is 0 Å². The molecule has 0 aromatic heterocycles. The monoisotopic (exact) mass is 233 g/mol. The Bertz CT molecular complexity index is 407. The zero-order valence-electron chi connectivity index (χ0n) is 10.9. The third-order valence-electron chi connectivity index (χ3n) is 2.68. The van der Waals surface area contributed by atoms with Gasteiger partial charge in [-0.1, -0.05) is 44.2 Å². The molecule has 0 saturated carbocycles. The molecule has 0 aliphatic rings. The SMILES string of the molecule is CN(C)C(=O)C(C)(C)CC(=O)c1ccccc1. The number of benzene rings is 1. The van der Waals surface area contributed by atoms with E-state index in [2.05, 4.69) is 0 Å². The van der Waals surface area contributed by atoms with E-state index in [-0.39, 0.29) is 18.1 Å². The van der Waals surface area contributed by atoms with E-state index in [1.165, 1.54) is 4.90 Å². The maximum absolute atomic E-state index is 12.0. The molecule has 1 rings (SSSR count). The van der Waals surface area contributed by atoms with E-state index >= 15 is 0 Å². The maximum atomic E-state index is 12.0. The number of ketones is 1. The molecule has 0 aliphatic carbocycles. The van der Waals surface area contributed by atoms with Gasteiger partial charge in [-0.05, 0) is 0 Å². The van der Waals surface area contributed by atoms with Gasteiger partial charge < -0.3 is 4.90 Å². The molecule has 0 radical (unpaired) electrons. The second-order valence-electron chi connectivity index (χ2n) is 5.05. The van der Waals surface area contributed by atoms with Crippen LogP contribution in [0.15, 0.2) is 30.3 Å². The van der Waals surface area contributed by atoms with Crippen molar-refractivity contribution in [3.05, 3.63) is 35.9 Å². The van der Waals surface area contributed by atoms with E-state index < -0.39 is 5.41 Å². The molecule has 0 bridgehead atoms. The van der Waals surface area contributed by atoms with E-state index in [1.54, 1.807) is 40.1 Å². The Hall–Kier alpha value is -1.64. The van der Waals surface area contributed by atoms with Gasteiger partial charge in [-0.15, -0.1) is 0 Å². The Balaban J connectivity index is 2.78. The normalized spacial score (nSPS) is 11.1. The van der Waals surface area contributed by atoms with Crippen molar-refractivity contribution in [1.82, 2.24) is 4.90 Å². The van der Waals surface area contributed by atoms with Crippen LogP contribution in [-0.2, 0) is 4.79 Å². The number of Topliss-reactive ketones (excluding diaryl/α,β-unsaturated/α-hetero) is 1. The van der Waals surface area contributed by atoms with Crippen LogP contribution in [0.3, 0.4) is 0 Å². The Kier molecular flexibility index (Phi) is 4.05. The lowest BCUT2D eigenvalue weighted by atomic mass is 9.84. The van der Waals surface area contributed by atoms with Crippen molar-refractivity contribution in [2.24, 2.45) is 5.41 Å². The number of rotatable bonds is 4. The molecule has 0 aliphatic heterocycles. The van der Waals surface area contributed by atoms with Crippen LogP contribution in [0, 0.1) is 5.41 Å². The summed E-state index contributed by atoms with van der Waals surface area (Å²) in [5.74, 6) is -0.0208. The Labute approximate surface area is 102 Å². The first-order valence-electron chi connectivity index (χ1n) is 5.64. The van der Waals surface area contributed by atoms with Crippen molar-refractivity contribution in [2.75, 3.05) is 14.1 Å². The Morgan fingerprint density at radius 1 is 1.12 bits per heavy atom. The van der Waals surface area contributed by atoms with E-state index in [4.69, 9.17) is 0 Å². The zero-order chi connectivity index (χ0) is 13.1. The van der Waals surface area contributed by atoms with Crippen LogP contribution in [-0.4, -0.2) is 30.7 Å². The van der Waals surface area contributed by atoms with Crippen molar-refractivity contribution in [2.45, 2.75) is 20.3 Å². The second-order valence-corrected chi connectivity index (χ2v) is 5.05. The predicted octanol–water partition coefficient (Wildman–Crippen LogP) is 2.37. The summed E-state index contributed by atoms with van der Waals surface area (Å²) in [4.78, 5) is 25.4. The van der Waals surface area contributed by atoms with Crippen LogP contribution in [0.4, 0.5) is 0 Å². The fraction of sp³-hybridized carbons (Fsp3) is 0.429. The smallest absolute Gasteiger partial charge is 0.228 e. The molecular formula is C14H19NO2. The molecule has 0 saturated heterocycles. The third-order valence-corrected chi connectivity index (χ3v) is 2.68. The van der Waals surface area contributed by atoms with Crippen molar-refractivity contribution >= 4 is 11.7 Å². The largest absolute Gasteiger partial charge is 0.348 e. The standard InChI is InChI=1S/C14H19NO2/c1-14(2,13(17)15(3)4)10-12(16)11-8-6-5-7-9-11/h5-9H,10H2,1-4H3. The number of hydrogen-bond acceptors (Lipinski definition) is 2. The number of amides is 1. The zero-order valence-corrected chi connectivity index (χ0v) is 10.9. The van der Waals surface area contributed by atoms with Crippen LogP contribution in [0.25, 0.3) is 0 Å². The molecule has 0 N–H and O–H groups in total. The van der Waals surface area contributed by atoms with E-state index in [0.29, 0.717) is 5.56 Å². The molecule has 3 heteroatoms. The molecule has 1 amide bonds. The highest BCUT2D eigenvalue weighted by molar-refractivity contribution is 5.99. The summed E-state index contributed by atoms with van der Waals surface area (Å²) in [5.41, 5.74) is 0.00306. The van der Waals surface area contributed by atoms with Gasteiger partial charge >= 0.3 is 0 Å². The molecule has 1 aromatic rings. The maximum Gasteiger partial charge on any atom is 0.228 e. The Morgan fingerprint density at radius 2 is 1.65 bits per heavy atom. The van der Waals surface area contributed by atoms with Crippen LogP contribution in [0.2, 0.25) is 0 Å². The molecule has 0 atom stereocenters. The van der Waals surface area contributed by atoms with Crippen LogP contribution >= 0.6 is 0 Å². The first-order valence-corrected chi connectivity index (χ1v) is 5.64. The third kappa shape index (κ3) is 3.41. The molecule has 17 heavy (non-hydrogen) atoms. The van der Waals surface area contributed by atoms with Gasteiger partial charge in [0.05, 0.1) is 5.41 Å². The van der Waals surface area contributed by atoms with Crippen molar-refractivity contribution in [3.8, 4) is 0 Å². The topological polar surface area (TPSA) is 37.4 Å². The number of hydrogen-bond donors (Lipinski definition) is 0. The van der Waals surface area contributed by atoms with Gasteiger partial charge in [0.1, 0.15) is 0 Å². The van der Waals surface area contributed by atoms with Gasteiger partial charge in [0.2, 0.25) is 5.91 Å². The number of carbonyl (C=O) groups excluding carboxylic acids is 2. The minimum absolute atomic E-state index is 0.00537. The van der Waals surface area contributed by atoms with E-state index in [1.807, 2.05) is 18.2 Å². The molecule has 1 aromatic carbocycles. The van der Waals surface area contributed by atoms with Gasteiger partial charge in [0, 0.05) is 26.1 Å². The first-order chi connectivity index (χ1) is 7.84.